The van der Waals surface area contributed by atoms with Crippen LogP contribution in [0.15, 0.2) is 35.4 Å². The number of aromatic hydroxyl groups is 2. The highest BCUT2D eigenvalue weighted by Gasteiger charge is 2.20. The molecule has 0 bridgehead atoms. The molecule has 0 radical (unpaired) electrons. The van der Waals surface area contributed by atoms with E-state index in [2.05, 4.69) is 4.99 Å². The van der Waals surface area contributed by atoms with Crippen LogP contribution in [0.1, 0.15) is 10.4 Å². The summed E-state index contributed by atoms with van der Waals surface area (Å²) >= 11 is 0. The molecule has 1 aromatic rings. The molecule has 0 atom stereocenters. The second-order valence-corrected chi connectivity index (χ2v) is 4.00. The minimum absolute atomic E-state index is 0.0439. The van der Waals surface area contributed by atoms with Gasteiger partial charge in [-0.2, -0.15) is 0 Å². The third kappa shape index (κ3) is 2.24. The van der Waals surface area contributed by atoms with Crippen molar-refractivity contribution in [1.82, 2.24) is 0 Å². The molecule has 0 spiro atoms. The van der Waals surface area contributed by atoms with Crippen molar-refractivity contribution in [3.63, 3.8) is 0 Å². The van der Waals surface area contributed by atoms with Gasteiger partial charge in [-0.1, -0.05) is 12.2 Å². The number of nitrogen functional groups attached to an aromatic ring is 1. The van der Waals surface area contributed by atoms with Gasteiger partial charge >= 0.3 is 0 Å². The molecule has 2 rings (SSSR count). The molecule has 7 heteroatoms. The zero-order chi connectivity index (χ0) is 14.9. The van der Waals surface area contributed by atoms with E-state index in [1.165, 1.54) is 18.2 Å². The maximum Gasteiger partial charge on any atom is 0.254 e. The third-order valence-electron chi connectivity index (χ3n) is 2.65. The predicted molar refractivity (Wildman–Crippen MR) is 73.1 cm³/mol. The number of primary amides is 1. The average molecular weight is 273 g/mol. The van der Waals surface area contributed by atoms with Gasteiger partial charge in [0.25, 0.3) is 5.91 Å². The minimum atomic E-state index is -1.01. The number of hydrogen-bond acceptors (Lipinski definition) is 6. The van der Waals surface area contributed by atoms with Crippen LogP contribution in [-0.4, -0.2) is 27.6 Å². The van der Waals surface area contributed by atoms with Crippen LogP contribution in [0.25, 0.3) is 0 Å². The number of carbonyl (C=O) groups excluding carboxylic acids is 2. The van der Waals surface area contributed by atoms with Gasteiger partial charge in [0.05, 0.1) is 5.69 Å². The number of benzene rings is 1. The normalized spacial score (nSPS) is 15.8. The topological polar surface area (TPSA) is 139 Å². The van der Waals surface area contributed by atoms with E-state index in [1.807, 2.05) is 0 Å². The lowest BCUT2D eigenvalue weighted by atomic mass is 10.1. The Kier molecular flexibility index (Phi) is 3.26. The van der Waals surface area contributed by atoms with Gasteiger partial charge < -0.3 is 21.7 Å². The van der Waals surface area contributed by atoms with Gasteiger partial charge in [0.2, 0.25) is 5.78 Å². The Morgan fingerprint density at radius 1 is 1.20 bits per heavy atom. The average Bonchev–Trinajstić information content (AvgIpc) is 2.38. The lowest BCUT2D eigenvalue weighted by molar-refractivity contribution is -0.108. The van der Waals surface area contributed by atoms with E-state index in [0.717, 1.165) is 6.07 Å². The number of aliphatic imine (C=N–C) groups is 1. The monoisotopic (exact) mass is 273 g/mol. The van der Waals surface area contributed by atoms with Crippen LogP contribution >= 0.6 is 0 Å². The largest absolute Gasteiger partial charge is 0.506 e. The van der Waals surface area contributed by atoms with Gasteiger partial charge in [0, 0.05) is 6.07 Å². The van der Waals surface area contributed by atoms with Gasteiger partial charge in [0.15, 0.2) is 5.75 Å². The van der Waals surface area contributed by atoms with Crippen molar-refractivity contribution in [2.24, 2.45) is 10.7 Å². The maximum atomic E-state index is 11.6. The van der Waals surface area contributed by atoms with Gasteiger partial charge in [-0.05, 0) is 12.2 Å². The minimum Gasteiger partial charge on any atom is -0.506 e. The summed E-state index contributed by atoms with van der Waals surface area (Å²) in [6.45, 7) is 0. The summed E-state index contributed by atoms with van der Waals surface area (Å²) in [6.07, 6.45) is 5.85. The summed E-state index contributed by atoms with van der Waals surface area (Å²) in [4.78, 5) is 26.7. The van der Waals surface area contributed by atoms with E-state index in [1.54, 1.807) is 6.08 Å². The van der Waals surface area contributed by atoms with Crippen LogP contribution in [0, 0.1) is 0 Å². The zero-order valence-electron chi connectivity index (χ0n) is 10.2. The SMILES string of the molecule is NC(=O)c1c(N)c(O)cc(N=C2C=CC=CC2=O)c1O. The van der Waals surface area contributed by atoms with E-state index < -0.39 is 23.0 Å². The molecule has 0 aliphatic heterocycles. The van der Waals surface area contributed by atoms with Crippen molar-refractivity contribution in [3.05, 3.63) is 35.9 Å². The highest BCUT2D eigenvalue weighted by Crippen LogP contribution is 2.40. The van der Waals surface area contributed by atoms with Crippen LogP contribution < -0.4 is 11.5 Å². The van der Waals surface area contributed by atoms with Crippen molar-refractivity contribution in [2.75, 3.05) is 5.73 Å². The lowest BCUT2D eigenvalue weighted by Crippen LogP contribution is -2.14. The van der Waals surface area contributed by atoms with Crippen LogP contribution in [0.3, 0.4) is 0 Å². The molecule has 102 valence electrons. The number of hydrogen-bond donors (Lipinski definition) is 4. The number of nitrogens with zero attached hydrogens (tertiary/aromatic N) is 1. The fourth-order valence-corrected chi connectivity index (χ4v) is 1.67. The molecule has 0 saturated carbocycles. The molecule has 7 nitrogen and oxygen atoms in total. The second kappa shape index (κ2) is 4.88. The van der Waals surface area contributed by atoms with Crippen molar-refractivity contribution in [3.8, 4) is 11.5 Å². The second-order valence-electron chi connectivity index (χ2n) is 4.00. The molecule has 1 aliphatic rings. The summed E-state index contributed by atoms with van der Waals surface area (Å²) in [7, 11) is 0. The first-order valence-electron chi connectivity index (χ1n) is 5.53. The summed E-state index contributed by atoms with van der Waals surface area (Å²) in [6, 6.07) is 1.05. The van der Waals surface area contributed by atoms with Crippen molar-refractivity contribution >= 4 is 28.8 Å². The standard InChI is InChI=1S/C13H11N3O4/c14-11-9(18)5-7(12(19)10(11)13(15)20)16-6-3-1-2-4-8(6)17/h1-5,18-19H,14H2,(H2,15,20). The van der Waals surface area contributed by atoms with Gasteiger partial charge in [-0.3, -0.25) is 9.59 Å². The highest BCUT2D eigenvalue weighted by atomic mass is 16.3. The number of allylic oxidation sites excluding steroid dienone is 4. The number of rotatable bonds is 2. The smallest absolute Gasteiger partial charge is 0.254 e. The van der Waals surface area contributed by atoms with Crippen LogP contribution in [0.2, 0.25) is 0 Å². The van der Waals surface area contributed by atoms with Crippen molar-refractivity contribution < 1.29 is 19.8 Å². The quantitative estimate of drug-likeness (QED) is 0.269. The van der Waals surface area contributed by atoms with Crippen LogP contribution in [0.4, 0.5) is 11.4 Å². The first-order chi connectivity index (χ1) is 9.41. The summed E-state index contributed by atoms with van der Waals surface area (Å²) in [5.41, 5.74) is 9.64. The van der Waals surface area contributed by atoms with Crippen LogP contribution in [0.5, 0.6) is 11.5 Å². The fraction of sp³-hybridized carbons (Fsp3) is 0. The van der Waals surface area contributed by atoms with E-state index in [0.29, 0.717) is 0 Å². The van der Waals surface area contributed by atoms with E-state index in [9.17, 15) is 19.8 Å². The van der Waals surface area contributed by atoms with E-state index in [4.69, 9.17) is 11.5 Å². The molecule has 20 heavy (non-hydrogen) atoms. The Morgan fingerprint density at radius 3 is 2.45 bits per heavy atom. The van der Waals surface area contributed by atoms with Gasteiger partial charge in [-0.25, -0.2) is 4.99 Å². The molecule has 0 fully saturated rings. The first-order valence-corrected chi connectivity index (χ1v) is 5.53. The molecule has 6 N–H and O–H groups in total. The van der Waals surface area contributed by atoms with E-state index in [-0.39, 0.29) is 22.9 Å². The molecule has 0 aromatic heterocycles. The number of ketones is 1. The number of phenols is 2. The molecular formula is C13H11N3O4. The number of nitrogens with two attached hydrogens (primary N) is 2. The Bertz CT molecular complexity index is 702. The molecule has 1 amide bonds. The summed E-state index contributed by atoms with van der Waals surface area (Å²) in [5, 5.41) is 19.5. The molecule has 0 heterocycles. The van der Waals surface area contributed by atoms with Gasteiger partial charge in [0.1, 0.15) is 22.7 Å². The Morgan fingerprint density at radius 2 is 1.85 bits per heavy atom. The third-order valence-corrected chi connectivity index (χ3v) is 2.65. The highest BCUT2D eigenvalue weighted by molar-refractivity contribution is 6.49. The van der Waals surface area contributed by atoms with Crippen LogP contribution in [-0.2, 0) is 4.79 Å². The molecule has 1 aliphatic carbocycles. The number of carbonyl (C=O) groups is 2. The number of amides is 1. The molecule has 0 saturated heterocycles. The lowest BCUT2D eigenvalue weighted by Gasteiger charge is -2.10. The Hall–Kier alpha value is -3.09. The maximum absolute atomic E-state index is 11.6. The number of phenolic OH excluding ortho intramolecular Hbond substituents is 1. The summed E-state index contributed by atoms with van der Waals surface area (Å²) < 4.78 is 0. The van der Waals surface area contributed by atoms with E-state index >= 15 is 0 Å². The number of anilines is 1. The molecule has 0 unspecified atom stereocenters. The van der Waals surface area contributed by atoms with Crippen molar-refractivity contribution in [2.45, 2.75) is 0 Å². The zero-order valence-corrected chi connectivity index (χ0v) is 10.2. The molecular weight excluding hydrogens is 262 g/mol. The Labute approximate surface area is 113 Å². The Balaban J connectivity index is 2.62. The van der Waals surface area contributed by atoms with Crippen molar-refractivity contribution in [1.29, 1.82) is 0 Å². The van der Waals surface area contributed by atoms with Gasteiger partial charge in [-0.15, -0.1) is 0 Å². The predicted octanol–water partition coefficient (Wildman–Crippen LogP) is 0.546. The summed E-state index contributed by atoms with van der Waals surface area (Å²) in [5.74, 6) is -2.43. The first kappa shape index (κ1) is 13.3. The molecule has 1 aromatic carbocycles. The fourth-order valence-electron chi connectivity index (χ4n) is 1.67.